The highest BCUT2D eigenvalue weighted by atomic mass is 32.2. The summed E-state index contributed by atoms with van der Waals surface area (Å²) in [5.41, 5.74) is 2.80. The molecule has 0 aliphatic rings. The lowest BCUT2D eigenvalue weighted by molar-refractivity contribution is 0.989. The summed E-state index contributed by atoms with van der Waals surface area (Å²) < 4.78 is 0. The van der Waals surface area contributed by atoms with Crippen LogP contribution in [0.5, 0.6) is 0 Å². The van der Waals surface area contributed by atoms with Crippen molar-refractivity contribution in [3.63, 3.8) is 0 Å². The van der Waals surface area contributed by atoms with Crippen molar-refractivity contribution in [2.75, 3.05) is 6.26 Å². The van der Waals surface area contributed by atoms with E-state index in [-0.39, 0.29) is 0 Å². The Hall–Kier alpha value is -0.940. The van der Waals surface area contributed by atoms with Gasteiger partial charge in [0.05, 0.1) is 11.2 Å². The van der Waals surface area contributed by atoms with Gasteiger partial charge in [-0.2, -0.15) is 0 Å². The highest BCUT2D eigenvalue weighted by Gasteiger charge is 1.93. The summed E-state index contributed by atoms with van der Waals surface area (Å²) >= 11 is 3.22. The summed E-state index contributed by atoms with van der Waals surface area (Å²) in [5.74, 6) is 0. The van der Waals surface area contributed by atoms with Gasteiger partial charge in [0.2, 0.25) is 0 Å². The maximum absolute atomic E-state index is 4.10. The number of aromatic nitrogens is 3. The molecule has 14 heavy (non-hydrogen) atoms. The Labute approximate surface area is 91.6 Å². The van der Waals surface area contributed by atoms with E-state index in [1.54, 1.807) is 47.2 Å². The SMILES string of the molecule is CSc1nccnc1C.c1cscn1. The molecule has 2 rings (SSSR count). The summed E-state index contributed by atoms with van der Waals surface area (Å²) in [6.45, 7) is 1.96. The standard InChI is InChI=1S/C6H8N2S.C3H3NS/c1-5-6(9-2)8-4-3-7-5;1-2-5-3-4-1/h3-4H,1-2H3;1-3H. The summed E-state index contributed by atoms with van der Waals surface area (Å²) in [6.07, 6.45) is 7.18. The quantitative estimate of drug-likeness (QED) is 0.699. The fourth-order valence-corrected chi connectivity index (χ4v) is 1.64. The summed E-state index contributed by atoms with van der Waals surface area (Å²) in [6, 6.07) is 0. The van der Waals surface area contributed by atoms with Crippen LogP contribution in [-0.4, -0.2) is 21.2 Å². The van der Waals surface area contributed by atoms with Crippen molar-refractivity contribution in [1.29, 1.82) is 0 Å². The Kier molecular flexibility index (Phi) is 5.17. The van der Waals surface area contributed by atoms with Gasteiger partial charge < -0.3 is 0 Å². The topological polar surface area (TPSA) is 38.7 Å². The van der Waals surface area contributed by atoms with Gasteiger partial charge in [0.25, 0.3) is 0 Å². The third-order valence-electron chi connectivity index (χ3n) is 1.38. The second-order valence-corrected chi connectivity index (χ2v) is 3.88. The number of rotatable bonds is 1. The number of thiazole rings is 1. The molecule has 2 heterocycles. The van der Waals surface area contributed by atoms with Crippen molar-refractivity contribution in [1.82, 2.24) is 15.0 Å². The van der Waals surface area contributed by atoms with E-state index in [4.69, 9.17) is 0 Å². The predicted molar refractivity (Wildman–Crippen MR) is 60.7 cm³/mol. The Morgan fingerprint density at radius 2 is 2.00 bits per heavy atom. The van der Waals surface area contributed by atoms with Crippen LogP contribution in [0.15, 0.2) is 34.5 Å². The Bertz CT molecular complexity index is 331. The number of nitrogens with zero attached hydrogens (tertiary/aromatic N) is 3. The van der Waals surface area contributed by atoms with Crippen molar-refractivity contribution in [3.8, 4) is 0 Å². The lowest BCUT2D eigenvalue weighted by Crippen LogP contribution is -1.86. The number of aryl methyl sites for hydroxylation is 1. The molecule has 2 aromatic heterocycles. The van der Waals surface area contributed by atoms with E-state index in [1.165, 1.54) is 0 Å². The van der Waals surface area contributed by atoms with Crippen LogP contribution in [0.2, 0.25) is 0 Å². The van der Waals surface area contributed by atoms with Gasteiger partial charge in [0, 0.05) is 24.0 Å². The zero-order chi connectivity index (χ0) is 10.2. The normalized spacial score (nSPS) is 9.00. The van der Waals surface area contributed by atoms with Crippen LogP contribution in [0, 0.1) is 6.92 Å². The number of hydrogen-bond donors (Lipinski definition) is 0. The molecule has 3 nitrogen and oxygen atoms in total. The van der Waals surface area contributed by atoms with Crippen molar-refractivity contribution < 1.29 is 0 Å². The van der Waals surface area contributed by atoms with Crippen molar-refractivity contribution >= 4 is 23.1 Å². The molecule has 74 valence electrons. The maximum atomic E-state index is 4.10. The van der Waals surface area contributed by atoms with E-state index in [1.807, 2.05) is 18.6 Å². The first-order chi connectivity index (χ1) is 6.84. The van der Waals surface area contributed by atoms with E-state index < -0.39 is 0 Å². The summed E-state index contributed by atoms with van der Waals surface area (Å²) in [5, 5.41) is 2.94. The van der Waals surface area contributed by atoms with Gasteiger partial charge >= 0.3 is 0 Å². The summed E-state index contributed by atoms with van der Waals surface area (Å²) in [7, 11) is 0. The first-order valence-electron chi connectivity index (χ1n) is 3.98. The zero-order valence-corrected chi connectivity index (χ0v) is 9.68. The van der Waals surface area contributed by atoms with Gasteiger partial charge in [-0.1, -0.05) is 0 Å². The minimum atomic E-state index is 1.00. The fourth-order valence-electron chi connectivity index (χ4n) is 0.771. The molecule has 0 N–H and O–H groups in total. The van der Waals surface area contributed by atoms with Gasteiger partial charge in [0.15, 0.2) is 0 Å². The molecule has 0 aliphatic carbocycles. The molecule has 0 unspecified atom stereocenters. The van der Waals surface area contributed by atoms with Gasteiger partial charge in [-0.05, 0) is 13.2 Å². The zero-order valence-electron chi connectivity index (χ0n) is 8.04. The molecular weight excluding hydrogens is 214 g/mol. The molecule has 0 amide bonds. The molecule has 0 saturated heterocycles. The van der Waals surface area contributed by atoms with Gasteiger partial charge in [0.1, 0.15) is 5.03 Å². The molecule has 0 saturated carbocycles. The van der Waals surface area contributed by atoms with Gasteiger partial charge in [-0.25, -0.2) is 4.98 Å². The van der Waals surface area contributed by atoms with Crippen molar-refractivity contribution in [3.05, 3.63) is 35.2 Å². The minimum absolute atomic E-state index is 1.00. The van der Waals surface area contributed by atoms with Crippen molar-refractivity contribution in [2.24, 2.45) is 0 Å². The second kappa shape index (κ2) is 6.50. The molecule has 0 fully saturated rings. The lowest BCUT2D eigenvalue weighted by Gasteiger charge is -1.95. The van der Waals surface area contributed by atoms with E-state index in [0.29, 0.717) is 0 Å². The Morgan fingerprint density at radius 3 is 2.36 bits per heavy atom. The largest absolute Gasteiger partial charge is 0.257 e. The first kappa shape index (κ1) is 11.1. The Morgan fingerprint density at radius 1 is 1.21 bits per heavy atom. The third-order valence-corrected chi connectivity index (χ3v) is 2.69. The van der Waals surface area contributed by atoms with E-state index in [0.717, 1.165) is 10.7 Å². The molecule has 5 heteroatoms. The van der Waals surface area contributed by atoms with Crippen LogP contribution in [0.4, 0.5) is 0 Å². The molecule has 0 spiro atoms. The van der Waals surface area contributed by atoms with Crippen LogP contribution < -0.4 is 0 Å². The Balaban J connectivity index is 0.000000165. The predicted octanol–water partition coefficient (Wildman–Crippen LogP) is 2.65. The highest BCUT2D eigenvalue weighted by molar-refractivity contribution is 7.98. The monoisotopic (exact) mass is 225 g/mol. The highest BCUT2D eigenvalue weighted by Crippen LogP contribution is 2.12. The fraction of sp³-hybridized carbons (Fsp3) is 0.222. The molecule has 0 aliphatic heterocycles. The number of hydrogen-bond acceptors (Lipinski definition) is 5. The maximum Gasteiger partial charge on any atom is 0.117 e. The average Bonchev–Trinajstić information content (AvgIpc) is 2.76. The first-order valence-corrected chi connectivity index (χ1v) is 6.15. The molecule has 0 atom stereocenters. The smallest absolute Gasteiger partial charge is 0.117 e. The molecular formula is C9H11N3S2. The van der Waals surface area contributed by atoms with Crippen LogP contribution in [0.3, 0.4) is 0 Å². The van der Waals surface area contributed by atoms with Crippen molar-refractivity contribution in [2.45, 2.75) is 11.9 Å². The molecule has 0 aromatic carbocycles. The minimum Gasteiger partial charge on any atom is -0.257 e. The number of thioether (sulfide) groups is 1. The molecule has 2 aromatic rings. The second-order valence-electron chi connectivity index (χ2n) is 2.33. The van der Waals surface area contributed by atoms with E-state index >= 15 is 0 Å². The van der Waals surface area contributed by atoms with E-state index in [2.05, 4.69) is 15.0 Å². The van der Waals surface area contributed by atoms with Gasteiger partial charge in [-0.15, -0.1) is 23.1 Å². The van der Waals surface area contributed by atoms with Gasteiger partial charge in [-0.3, -0.25) is 9.97 Å². The summed E-state index contributed by atoms with van der Waals surface area (Å²) in [4.78, 5) is 11.9. The van der Waals surface area contributed by atoms with Crippen LogP contribution in [0.25, 0.3) is 0 Å². The third kappa shape index (κ3) is 3.85. The van der Waals surface area contributed by atoms with Crippen LogP contribution in [0.1, 0.15) is 5.69 Å². The average molecular weight is 225 g/mol. The molecule has 0 bridgehead atoms. The van der Waals surface area contributed by atoms with E-state index in [9.17, 15) is 0 Å². The lowest BCUT2D eigenvalue weighted by atomic mass is 10.5. The van der Waals surface area contributed by atoms with Crippen LogP contribution >= 0.6 is 23.1 Å². The van der Waals surface area contributed by atoms with Crippen LogP contribution in [-0.2, 0) is 0 Å². The molecule has 0 radical (unpaired) electrons.